The maximum Gasteiger partial charge on any atom is 0.352 e. The van der Waals surface area contributed by atoms with Crippen LogP contribution in [-0.2, 0) is 6.54 Å². The van der Waals surface area contributed by atoms with Crippen LogP contribution in [0.15, 0.2) is 41.2 Å². The van der Waals surface area contributed by atoms with Gasteiger partial charge in [-0.1, -0.05) is 29.8 Å². The van der Waals surface area contributed by atoms with E-state index in [1.807, 2.05) is 38.1 Å². The molecule has 0 amide bonds. The second kappa shape index (κ2) is 5.14. The smallest absolute Gasteiger partial charge is 0.352 e. The van der Waals surface area contributed by atoms with Crippen molar-refractivity contribution >= 4 is 11.6 Å². The van der Waals surface area contributed by atoms with Crippen molar-refractivity contribution in [2.24, 2.45) is 0 Å². The van der Waals surface area contributed by atoms with Gasteiger partial charge in [0.1, 0.15) is 11.3 Å². The molecule has 22 heavy (non-hydrogen) atoms. The summed E-state index contributed by atoms with van der Waals surface area (Å²) in [6.07, 6.45) is 0. The Labute approximate surface area is 126 Å². The van der Waals surface area contributed by atoms with Crippen molar-refractivity contribution in [2.75, 3.05) is 0 Å². The number of aromatic nitrogens is 3. The Bertz CT molecular complexity index is 920. The lowest BCUT2D eigenvalue weighted by molar-refractivity contribution is 0.0684. The second-order valence-electron chi connectivity index (χ2n) is 5.08. The van der Waals surface area contributed by atoms with E-state index in [1.54, 1.807) is 10.6 Å². The van der Waals surface area contributed by atoms with Crippen molar-refractivity contribution in [3.05, 3.63) is 58.0 Å². The Hall–Kier alpha value is -2.89. The zero-order valence-corrected chi connectivity index (χ0v) is 12.3. The van der Waals surface area contributed by atoms with E-state index in [1.165, 1.54) is 4.52 Å². The fraction of sp³-hybridized carbons (Fsp3) is 0.188. The van der Waals surface area contributed by atoms with E-state index in [-0.39, 0.29) is 5.69 Å². The van der Waals surface area contributed by atoms with Crippen LogP contribution in [0.5, 0.6) is 0 Å². The Morgan fingerprint density at radius 2 is 1.91 bits per heavy atom. The number of rotatable bonds is 3. The van der Waals surface area contributed by atoms with Gasteiger partial charge in [0.2, 0.25) is 0 Å². The van der Waals surface area contributed by atoms with Crippen molar-refractivity contribution in [3.63, 3.8) is 0 Å². The first-order chi connectivity index (χ1) is 10.5. The summed E-state index contributed by atoms with van der Waals surface area (Å²) in [5.74, 6) is -1.13. The van der Waals surface area contributed by atoms with E-state index >= 15 is 0 Å². The highest BCUT2D eigenvalue weighted by Crippen LogP contribution is 2.20. The number of aromatic carboxylic acids is 1. The maximum atomic E-state index is 12.1. The lowest BCUT2D eigenvalue weighted by Crippen LogP contribution is -2.23. The summed E-state index contributed by atoms with van der Waals surface area (Å²) in [6, 6.07) is 10.6. The molecule has 0 bridgehead atoms. The first-order valence-corrected chi connectivity index (χ1v) is 6.95. The van der Waals surface area contributed by atoms with Crippen molar-refractivity contribution in [3.8, 4) is 11.3 Å². The third-order valence-electron chi connectivity index (χ3n) is 3.61. The van der Waals surface area contributed by atoms with Crippen molar-refractivity contribution in [2.45, 2.75) is 20.4 Å². The summed E-state index contributed by atoms with van der Waals surface area (Å²) in [6.45, 7) is 4.26. The molecule has 0 unspecified atom stereocenters. The van der Waals surface area contributed by atoms with Crippen molar-refractivity contribution in [1.29, 1.82) is 0 Å². The quantitative estimate of drug-likeness (QED) is 0.804. The number of nitrogens with zero attached hydrogens (tertiary/aromatic N) is 3. The average Bonchev–Trinajstić information content (AvgIpc) is 2.93. The average molecular weight is 297 g/mol. The van der Waals surface area contributed by atoms with Crippen LogP contribution >= 0.6 is 0 Å². The van der Waals surface area contributed by atoms with Gasteiger partial charge in [-0.3, -0.25) is 4.79 Å². The van der Waals surface area contributed by atoms with E-state index in [9.17, 15) is 14.7 Å². The molecule has 2 heterocycles. The largest absolute Gasteiger partial charge is 0.477 e. The second-order valence-corrected chi connectivity index (χ2v) is 5.08. The van der Waals surface area contributed by atoms with Crippen LogP contribution in [0.2, 0.25) is 0 Å². The molecule has 6 heteroatoms. The Morgan fingerprint density at radius 3 is 2.50 bits per heavy atom. The van der Waals surface area contributed by atoms with Gasteiger partial charge in [0.25, 0.3) is 5.56 Å². The number of aryl methyl sites for hydroxylation is 2. The molecule has 1 N–H and O–H groups in total. The van der Waals surface area contributed by atoms with Gasteiger partial charge in [-0.25, -0.2) is 4.79 Å². The van der Waals surface area contributed by atoms with Gasteiger partial charge in [-0.15, -0.1) is 0 Å². The molecular formula is C16H15N3O3. The minimum atomic E-state index is -1.13. The molecule has 0 spiro atoms. The van der Waals surface area contributed by atoms with Crippen molar-refractivity contribution in [1.82, 2.24) is 14.2 Å². The molecule has 0 saturated heterocycles. The molecule has 6 nitrogen and oxygen atoms in total. The number of benzene rings is 1. The van der Waals surface area contributed by atoms with E-state index in [0.717, 1.165) is 17.2 Å². The van der Waals surface area contributed by atoms with Crippen LogP contribution in [0.25, 0.3) is 16.9 Å². The molecule has 2 aromatic heterocycles. The standard InChI is InChI=1S/C16H15N3O3/c1-3-18-13(16(21)22)9-15(20)19-14(18)8-12(17-19)11-6-4-10(2)5-7-11/h4-9H,3H2,1-2H3,(H,21,22). The fourth-order valence-corrected chi connectivity index (χ4v) is 2.48. The minimum absolute atomic E-state index is 0.0321. The summed E-state index contributed by atoms with van der Waals surface area (Å²) in [4.78, 5) is 23.4. The fourth-order valence-electron chi connectivity index (χ4n) is 2.48. The van der Waals surface area contributed by atoms with E-state index in [0.29, 0.717) is 17.9 Å². The monoisotopic (exact) mass is 297 g/mol. The molecule has 0 aliphatic carbocycles. The highest BCUT2D eigenvalue weighted by Gasteiger charge is 2.16. The Kier molecular flexibility index (Phi) is 3.29. The number of carbonyl (C=O) groups is 1. The minimum Gasteiger partial charge on any atom is -0.477 e. The topological polar surface area (TPSA) is 76.6 Å². The third-order valence-corrected chi connectivity index (χ3v) is 3.61. The molecule has 3 aromatic rings. The molecular weight excluding hydrogens is 282 g/mol. The predicted octanol–water partition coefficient (Wildman–Crippen LogP) is 2.19. The summed E-state index contributed by atoms with van der Waals surface area (Å²) in [5.41, 5.74) is 2.65. The zero-order chi connectivity index (χ0) is 15.9. The van der Waals surface area contributed by atoms with Crippen LogP contribution < -0.4 is 5.56 Å². The van der Waals surface area contributed by atoms with Crippen LogP contribution in [0.1, 0.15) is 23.0 Å². The number of fused-ring (bicyclic) bond motifs is 1. The molecule has 0 saturated carbocycles. The SMILES string of the molecule is CCn1c(C(=O)O)cc(=O)n2nc(-c3ccc(C)cc3)cc12. The lowest BCUT2D eigenvalue weighted by atomic mass is 10.1. The zero-order valence-electron chi connectivity index (χ0n) is 12.3. The summed E-state index contributed by atoms with van der Waals surface area (Å²) >= 11 is 0. The molecule has 0 atom stereocenters. The number of carboxylic acids is 1. The van der Waals surface area contributed by atoms with E-state index in [2.05, 4.69) is 5.10 Å². The first-order valence-electron chi connectivity index (χ1n) is 6.95. The molecule has 0 aliphatic heterocycles. The Morgan fingerprint density at radius 1 is 1.23 bits per heavy atom. The van der Waals surface area contributed by atoms with Gasteiger partial charge in [-0.2, -0.15) is 9.61 Å². The van der Waals surface area contributed by atoms with Gasteiger partial charge in [-0.05, 0) is 13.8 Å². The maximum absolute atomic E-state index is 12.1. The van der Waals surface area contributed by atoms with Gasteiger partial charge < -0.3 is 9.67 Å². The lowest BCUT2D eigenvalue weighted by Gasteiger charge is -2.09. The highest BCUT2D eigenvalue weighted by atomic mass is 16.4. The molecule has 0 aliphatic rings. The normalized spacial score (nSPS) is 11.0. The number of carboxylic acid groups (broad SMARTS) is 1. The Balaban J connectivity index is 2.29. The molecule has 1 aromatic carbocycles. The molecule has 0 radical (unpaired) electrons. The van der Waals surface area contributed by atoms with E-state index in [4.69, 9.17) is 0 Å². The third kappa shape index (κ3) is 2.18. The van der Waals surface area contributed by atoms with Crippen LogP contribution in [0.3, 0.4) is 0 Å². The number of hydrogen-bond donors (Lipinski definition) is 1. The highest BCUT2D eigenvalue weighted by molar-refractivity contribution is 5.86. The van der Waals surface area contributed by atoms with Crippen LogP contribution in [0.4, 0.5) is 0 Å². The summed E-state index contributed by atoms with van der Waals surface area (Å²) in [7, 11) is 0. The number of hydrogen-bond acceptors (Lipinski definition) is 3. The molecule has 3 rings (SSSR count). The van der Waals surface area contributed by atoms with Gasteiger partial charge >= 0.3 is 5.97 Å². The van der Waals surface area contributed by atoms with E-state index < -0.39 is 11.5 Å². The molecule has 0 fully saturated rings. The first kappa shape index (κ1) is 14.1. The van der Waals surface area contributed by atoms with Gasteiger partial charge in [0, 0.05) is 24.2 Å². The predicted molar refractivity (Wildman–Crippen MR) is 82.3 cm³/mol. The van der Waals surface area contributed by atoms with Gasteiger partial charge in [0.15, 0.2) is 0 Å². The molecule has 112 valence electrons. The van der Waals surface area contributed by atoms with Crippen LogP contribution in [-0.4, -0.2) is 25.3 Å². The van der Waals surface area contributed by atoms with Crippen molar-refractivity contribution < 1.29 is 9.90 Å². The van der Waals surface area contributed by atoms with Gasteiger partial charge in [0.05, 0.1) is 5.69 Å². The summed E-state index contributed by atoms with van der Waals surface area (Å²) < 4.78 is 2.81. The van der Waals surface area contributed by atoms with Crippen LogP contribution in [0, 0.1) is 6.92 Å². The summed E-state index contributed by atoms with van der Waals surface area (Å²) in [5, 5.41) is 13.6.